The Morgan fingerprint density at radius 2 is 1.23 bits per heavy atom. The molecule has 0 aromatic heterocycles. The number of hydrogen-bond acceptors (Lipinski definition) is 2. The fourth-order valence-corrected chi connectivity index (χ4v) is 3.71. The van der Waals surface area contributed by atoms with E-state index in [-0.39, 0.29) is 0 Å². The van der Waals surface area contributed by atoms with Crippen molar-refractivity contribution in [1.82, 2.24) is 0 Å². The zero-order valence-electron chi connectivity index (χ0n) is 14.6. The van der Waals surface area contributed by atoms with Crippen LogP contribution in [0.3, 0.4) is 0 Å². The van der Waals surface area contributed by atoms with E-state index in [1.165, 1.54) is 18.2 Å². The van der Waals surface area contributed by atoms with E-state index in [4.69, 9.17) is 0 Å². The molecule has 0 unspecified atom stereocenters. The van der Waals surface area contributed by atoms with Crippen LogP contribution in [0.5, 0.6) is 0 Å². The van der Waals surface area contributed by atoms with Gasteiger partial charge < -0.3 is 0 Å². The van der Waals surface area contributed by atoms with Crippen LogP contribution >= 0.6 is 0 Å². The lowest BCUT2D eigenvalue weighted by atomic mass is 10.0. The highest BCUT2D eigenvalue weighted by molar-refractivity contribution is 7.92. The highest BCUT2D eigenvalue weighted by Gasteiger charge is 2.32. The third kappa shape index (κ3) is 3.97. The standard InChI is InChI=1S/C19H10F7NO2S/c20-14-13(10-6-8-11(9-7-10)19(24,25)26)18(17(23)16(22)15(14)21)27-30(28,29)12-4-2-1-3-5-12/h1-9,27H. The van der Waals surface area contributed by atoms with Crippen LogP contribution in [-0.2, 0) is 16.2 Å². The average molecular weight is 449 g/mol. The first-order valence-electron chi connectivity index (χ1n) is 8.05. The minimum atomic E-state index is -4.74. The summed E-state index contributed by atoms with van der Waals surface area (Å²) in [6.07, 6.45) is -4.74. The lowest BCUT2D eigenvalue weighted by molar-refractivity contribution is -0.137. The predicted octanol–water partition coefficient (Wildman–Crippen LogP) is 5.73. The third-order valence-corrected chi connectivity index (χ3v) is 5.42. The molecule has 0 aliphatic heterocycles. The van der Waals surface area contributed by atoms with Gasteiger partial charge >= 0.3 is 6.18 Å². The van der Waals surface area contributed by atoms with E-state index in [1.807, 2.05) is 0 Å². The van der Waals surface area contributed by atoms with E-state index < -0.39 is 66.7 Å². The van der Waals surface area contributed by atoms with Gasteiger partial charge in [0, 0.05) is 5.56 Å². The molecule has 1 N–H and O–H groups in total. The van der Waals surface area contributed by atoms with Crippen molar-refractivity contribution in [3.63, 3.8) is 0 Å². The van der Waals surface area contributed by atoms with Crippen molar-refractivity contribution in [2.24, 2.45) is 0 Å². The second kappa shape index (κ2) is 7.63. The molecule has 158 valence electrons. The Morgan fingerprint density at radius 3 is 1.77 bits per heavy atom. The van der Waals surface area contributed by atoms with Gasteiger partial charge in [0.1, 0.15) is 0 Å². The molecule has 0 aliphatic carbocycles. The molecule has 0 amide bonds. The van der Waals surface area contributed by atoms with Crippen molar-refractivity contribution < 1.29 is 39.2 Å². The zero-order chi connectivity index (χ0) is 22.3. The van der Waals surface area contributed by atoms with E-state index in [1.54, 1.807) is 4.72 Å². The van der Waals surface area contributed by atoms with Gasteiger partial charge in [-0.2, -0.15) is 13.2 Å². The number of halogens is 7. The molecule has 0 atom stereocenters. The normalized spacial score (nSPS) is 12.1. The summed E-state index contributed by atoms with van der Waals surface area (Å²) in [6, 6.07) is 8.71. The molecule has 0 fully saturated rings. The first-order chi connectivity index (χ1) is 13.9. The first-order valence-corrected chi connectivity index (χ1v) is 9.53. The summed E-state index contributed by atoms with van der Waals surface area (Å²) >= 11 is 0. The van der Waals surface area contributed by atoms with Gasteiger partial charge in [0.25, 0.3) is 10.0 Å². The summed E-state index contributed by atoms with van der Waals surface area (Å²) in [6.45, 7) is 0. The van der Waals surface area contributed by atoms with Crippen molar-refractivity contribution in [2.75, 3.05) is 4.72 Å². The van der Waals surface area contributed by atoms with Crippen LogP contribution in [0.1, 0.15) is 5.56 Å². The summed E-state index contributed by atoms with van der Waals surface area (Å²) in [5.74, 6) is -8.55. The van der Waals surface area contributed by atoms with Crippen molar-refractivity contribution in [2.45, 2.75) is 11.1 Å². The van der Waals surface area contributed by atoms with Gasteiger partial charge in [0.2, 0.25) is 0 Å². The Morgan fingerprint density at radius 1 is 0.700 bits per heavy atom. The molecule has 3 nitrogen and oxygen atoms in total. The maximum absolute atomic E-state index is 14.5. The van der Waals surface area contributed by atoms with Crippen LogP contribution in [0.4, 0.5) is 36.4 Å². The van der Waals surface area contributed by atoms with Gasteiger partial charge in [-0.05, 0) is 29.8 Å². The predicted molar refractivity (Wildman–Crippen MR) is 94.0 cm³/mol. The Kier molecular flexibility index (Phi) is 5.50. The quantitative estimate of drug-likeness (QED) is 0.314. The smallest absolute Gasteiger partial charge is 0.276 e. The minimum Gasteiger partial charge on any atom is -0.276 e. The number of nitrogens with one attached hydrogen (secondary N) is 1. The molecule has 3 aromatic carbocycles. The Labute approximate surface area is 165 Å². The number of alkyl halides is 3. The van der Waals surface area contributed by atoms with Crippen LogP contribution in [-0.4, -0.2) is 8.42 Å². The monoisotopic (exact) mass is 449 g/mol. The van der Waals surface area contributed by atoms with Crippen molar-refractivity contribution in [3.8, 4) is 11.1 Å². The molecule has 30 heavy (non-hydrogen) atoms. The molecule has 0 saturated heterocycles. The van der Waals surface area contributed by atoms with Crippen molar-refractivity contribution in [1.29, 1.82) is 0 Å². The fourth-order valence-electron chi connectivity index (χ4n) is 2.62. The number of benzene rings is 3. The van der Waals surface area contributed by atoms with Crippen LogP contribution in [0.15, 0.2) is 59.5 Å². The molecular weight excluding hydrogens is 439 g/mol. The zero-order valence-corrected chi connectivity index (χ0v) is 15.4. The second-order valence-corrected chi connectivity index (χ2v) is 7.68. The van der Waals surface area contributed by atoms with Crippen LogP contribution in [0.25, 0.3) is 11.1 Å². The summed E-state index contributed by atoms with van der Waals surface area (Å²) in [7, 11) is -4.57. The van der Waals surface area contributed by atoms with Gasteiger partial charge in [-0.25, -0.2) is 26.0 Å². The number of rotatable bonds is 4. The molecular formula is C19H10F7NO2S. The maximum Gasteiger partial charge on any atom is 0.416 e. The summed E-state index contributed by atoms with van der Waals surface area (Å²) < 4.78 is 121. The van der Waals surface area contributed by atoms with Crippen LogP contribution in [0, 0.1) is 23.3 Å². The van der Waals surface area contributed by atoms with E-state index >= 15 is 0 Å². The number of sulfonamides is 1. The van der Waals surface area contributed by atoms with Crippen molar-refractivity contribution >= 4 is 15.7 Å². The SMILES string of the molecule is O=S(=O)(Nc1c(F)c(F)c(F)c(F)c1-c1ccc(C(F)(F)F)cc1)c1ccccc1. The van der Waals surface area contributed by atoms with E-state index in [0.717, 1.165) is 12.1 Å². The summed E-state index contributed by atoms with van der Waals surface area (Å²) in [5, 5.41) is 0. The molecule has 0 heterocycles. The Bertz CT molecular complexity index is 1190. The Balaban J connectivity index is 2.21. The molecule has 0 spiro atoms. The fraction of sp³-hybridized carbons (Fsp3) is 0.0526. The third-order valence-electron chi connectivity index (χ3n) is 4.06. The van der Waals surface area contributed by atoms with E-state index in [0.29, 0.717) is 24.3 Å². The molecule has 0 bridgehead atoms. The minimum absolute atomic E-state index is 0.395. The molecule has 11 heteroatoms. The van der Waals surface area contributed by atoms with E-state index in [9.17, 15) is 39.2 Å². The second-order valence-electron chi connectivity index (χ2n) is 6.00. The van der Waals surface area contributed by atoms with E-state index in [2.05, 4.69) is 0 Å². The molecule has 0 radical (unpaired) electrons. The topological polar surface area (TPSA) is 46.2 Å². The number of anilines is 1. The first kappa shape index (κ1) is 21.6. The van der Waals surface area contributed by atoms with Gasteiger partial charge in [0.05, 0.1) is 16.1 Å². The van der Waals surface area contributed by atoms with Gasteiger partial charge in [-0.15, -0.1) is 0 Å². The largest absolute Gasteiger partial charge is 0.416 e. The Hall–Kier alpha value is -3.08. The van der Waals surface area contributed by atoms with Gasteiger partial charge in [-0.3, -0.25) is 4.72 Å². The van der Waals surface area contributed by atoms with Gasteiger partial charge in [-0.1, -0.05) is 30.3 Å². The van der Waals surface area contributed by atoms with Crippen LogP contribution in [0.2, 0.25) is 0 Å². The molecule has 3 rings (SSSR count). The lowest BCUT2D eigenvalue weighted by Crippen LogP contribution is -2.17. The molecule has 3 aromatic rings. The van der Waals surface area contributed by atoms with Gasteiger partial charge in [0.15, 0.2) is 23.3 Å². The van der Waals surface area contributed by atoms with Crippen molar-refractivity contribution in [3.05, 3.63) is 83.4 Å². The van der Waals surface area contributed by atoms with Crippen LogP contribution < -0.4 is 4.72 Å². The highest BCUT2D eigenvalue weighted by atomic mass is 32.2. The maximum atomic E-state index is 14.5. The summed E-state index contributed by atoms with van der Waals surface area (Å²) in [4.78, 5) is -0.395. The highest BCUT2D eigenvalue weighted by Crippen LogP contribution is 2.39. The summed E-state index contributed by atoms with van der Waals surface area (Å²) in [5.41, 5.74) is -4.01. The molecule has 0 aliphatic rings. The number of hydrogen-bond donors (Lipinski definition) is 1. The average Bonchev–Trinajstić information content (AvgIpc) is 2.71. The lowest BCUT2D eigenvalue weighted by Gasteiger charge is -2.16. The molecule has 0 saturated carbocycles.